The average molecular weight is 402 g/mol. The van der Waals surface area contributed by atoms with Crippen LogP contribution in [0.15, 0.2) is 78.9 Å². The first-order valence-corrected chi connectivity index (χ1v) is 10.1. The lowest BCUT2D eigenvalue weighted by molar-refractivity contribution is -0.114. The number of amides is 2. The quantitative estimate of drug-likeness (QED) is 0.508. The number of carbonyl (C=O) groups is 2. The van der Waals surface area contributed by atoms with Gasteiger partial charge in [0.15, 0.2) is 0 Å². The van der Waals surface area contributed by atoms with E-state index in [2.05, 4.69) is 29.8 Å². The molecule has 5 heteroatoms. The minimum atomic E-state index is -0.131. The Morgan fingerprint density at radius 3 is 2.20 bits per heavy atom. The molecule has 3 rings (SSSR count). The molecular weight excluding hydrogens is 374 g/mol. The highest BCUT2D eigenvalue weighted by Gasteiger charge is 2.09. The van der Waals surface area contributed by atoms with Crippen LogP contribution in [0.4, 0.5) is 11.4 Å². The number of nitrogens with one attached hydrogen (secondary N) is 3. The molecule has 0 aliphatic rings. The van der Waals surface area contributed by atoms with Crippen molar-refractivity contribution in [1.82, 2.24) is 5.32 Å². The van der Waals surface area contributed by atoms with E-state index in [1.165, 1.54) is 0 Å². The van der Waals surface area contributed by atoms with Gasteiger partial charge in [-0.05, 0) is 47.4 Å². The molecule has 30 heavy (non-hydrogen) atoms. The van der Waals surface area contributed by atoms with E-state index in [1.807, 2.05) is 54.6 Å². The summed E-state index contributed by atoms with van der Waals surface area (Å²) in [6, 6.07) is 24.7. The first kappa shape index (κ1) is 21.1. The van der Waals surface area contributed by atoms with Crippen LogP contribution in [0.2, 0.25) is 0 Å². The zero-order valence-electron chi connectivity index (χ0n) is 17.3. The summed E-state index contributed by atoms with van der Waals surface area (Å²) in [5, 5.41) is 8.96. The Balaban J connectivity index is 1.49. The standard InChI is InChI=1S/C25H27N3O2/c1-18(2)22-10-6-7-11-23(22)28-24(29)17-26-21-14-12-20(13-15-21)25(30)27-16-19-8-4-3-5-9-19/h3-15,18,26H,16-17H2,1-2H3,(H,27,30)(H,28,29). The molecule has 0 atom stereocenters. The van der Waals surface area contributed by atoms with Gasteiger partial charge in [0.1, 0.15) is 0 Å². The van der Waals surface area contributed by atoms with Crippen molar-refractivity contribution < 1.29 is 9.59 Å². The summed E-state index contributed by atoms with van der Waals surface area (Å²) in [7, 11) is 0. The maximum Gasteiger partial charge on any atom is 0.251 e. The van der Waals surface area contributed by atoms with E-state index in [0.29, 0.717) is 18.0 Å². The first-order chi connectivity index (χ1) is 14.5. The molecule has 0 bridgehead atoms. The molecule has 0 fully saturated rings. The van der Waals surface area contributed by atoms with Crippen LogP contribution in [0.5, 0.6) is 0 Å². The average Bonchev–Trinajstić information content (AvgIpc) is 2.77. The fourth-order valence-electron chi connectivity index (χ4n) is 3.11. The van der Waals surface area contributed by atoms with Gasteiger partial charge in [-0.25, -0.2) is 0 Å². The number of hydrogen-bond acceptors (Lipinski definition) is 3. The molecule has 154 valence electrons. The van der Waals surface area contributed by atoms with Crippen LogP contribution < -0.4 is 16.0 Å². The van der Waals surface area contributed by atoms with Crippen LogP contribution >= 0.6 is 0 Å². The van der Waals surface area contributed by atoms with Gasteiger partial charge in [0, 0.05) is 23.5 Å². The van der Waals surface area contributed by atoms with Crippen LogP contribution in [0, 0.1) is 0 Å². The second-order valence-corrected chi connectivity index (χ2v) is 7.39. The van der Waals surface area contributed by atoms with E-state index in [9.17, 15) is 9.59 Å². The van der Waals surface area contributed by atoms with Crippen molar-refractivity contribution in [2.45, 2.75) is 26.3 Å². The van der Waals surface area contributed by atoms with Crippen molar-refractivity contribution in [1.29, 1.82) is 0 Å². The fraction of sp³-hybridized carbons (Fsp3) is 0.200. The molecule has 0 radical (unpaired) electrons. The number of benzene rings is 3. The summed E-state index contributed by atoms with van der Waals surface area (Å²) >= 11 is 0. The topological polar surface area (TPSA) is 70.2 Å². The summed E-state index contributed by atoms with van der Waals surface area (Å²) in [6.07, 6.45) is 0. The summed E-state index contributed by atoms with van der Waals surface area (Å²) in [4.78, 5) is 24.6. The van der Waals surface area contributed by atoms with Crippen molar-refractivity contribution >= 4 is 23.2 Å². The highest BCUT2D eigenvalue weighted by molar-refractivity contribution is 5.95. The highest BCUT2D eigenvalue weighted by atomic mass is 16.2. The molecule has 5 nitrogen and oxygen atoms in total. The lowest BCUT2D eigenvalue weighted by Crippen LogP contribution is -2.23. The molecular formula is C25H27N3O2. The van der Waals surface area contributed by atoms with Gasteiger partial charge in [-0.3, -0.25) is 9.59 Å². The Hall–Kier alpha value is -3.60. The minimum absolute atomic E-state index is 0.118. The smallest absolute Gasteiger partial charge is 0.251 e. The summed E-state index contributed by atoms with van der Waals surface area (Å²) in [6.45, 7) is 4.82. The van der Waals surface area contributed by atoms with Crippen molar-refractivity contribution in [3.05, 3.63) is 95.6 Å². The van der Waals surface area contributed by atoms with Crippen LogP contribution in [-0.2, 0) is 11.3 Å². The van der Waals surface area contributed by atoms with E-state index in [0.717, 1.165) is 22.5 Å². The predicted molar refractivity (Wildman–Crippen MR) is 122 cm³/mol. The molecule has 2 amide bonds. The molecule has 0 heterocycles. The Bertz CT molecular complexity index is 983. The molecule has 3 N–H and O–H groups in total. The summed E-state index contributed by atoms with van der Waals surface area (Å²) < 4.78 is 0. The zero-order valence-corrected chi connectivity index (χ0v) is 17.3. The Kier molecular flexibility index (Phi) is 7.22. The molecule has 3 aromatic rings. The van der Waals surface area contributed by atoms with Crippen LogP contribution in [0.25, 0.3) is 0 Å². The van der Waals surface area contributed by atoms with Crippen LogP contribution in [-0.4, -0.2) is 18.4 Å². The van der Waals surface area contributed by atoms with Gasteiger partial charge in [0.2, 0.25) is 5.91 Å². The van der Waals surface area contributed by atoms with Crippen LogP contribution in [0.3, 0.4) is 0 Å². The Morgan fingerprint density at radius 2 is 1.50 bits per heavy atom. The molecule has 0 aliphatic carbocycles. The molecule has 0 saturated heterocycles. The largest absolute Gasteiger partial charge is 0.376 e. The van der Waals surface area contributed by atoms with Crippen LogP contribution in [0.1, 0.15) is 41.3 Å². The highest BCUT2D eigenvalue weighted by Crippen LogP contribution is 2.23. The Morgan fingerprint density at radius 1 is 0.833 bits per heavy atom. The minimum Gasteiger partial charge on any atom is -0.376 e. The molecule has 0 unspecified atom stereocenters. The number of hydrogen-bond donors (Lipinski definition) is 3. The molecule has 0 saturated carbocycles. The Labute approximate surface area is 177 Å². The maximum absolute atomic E-state index is 12.3. The van der Waals surface area contributed by atoms with E-state index in [-0.39, 0.29) is 18.4 Å². The zero-order chi connectivity index (χ0) is 21.3. The predicted octanol–water partition coefficient (Wildman–Crippen LogP) is 4.79. The van der Waals surface area contributed by atoms with Gasteiger partial charge in [-0.15, -0.1) is 0 Å². The second-order valence-electron chi connectivity index (χ2n) is 7.39. The second kappa shape index (κ2) is 10.3. The summed E-state index contributed by atoms with van der Waals surface area (Å²) in [5.41, 5.74) is 4.35. The number of rotatable bonds is 8. The van der Waals surface area contributed by atoms with Crippen molar-refractivity contribution in [2.24, 2.45) is 0 Å². The van der Waals surface area contributed by atoms with Crippen molar-refractivity contribution in [2.75, 3.05) is 17.2 Å². The monoisotopic (exact) mass is 401 g/mol. The SMILES string of the molecule is CC(C)c1ccccc1NC(=O)CNc1ccc(C(=O)NCc2ccccc2)cc1. The normalized spacial score (nSPS) is 10.5. The molecule has 3 aromatic carbocycles. The van der Waals surface area contributed by atoms with Gasteiger partial charge in [0.05, 0.1) is 6.54 Å². The van der Waals surface area contributed by atoms with Gasteiger partial charge >= 0.3 is 0 Å². The van der Waals surface area contributed by atoms with Crippen molar-refractivity contribution in [3.8, 4) is 0 Å². The summed E-state index contributed by atoms with van der Waals surface area (Å²) in [5.74, 6) is 0.0799. The molecule has 0 spiro atoms. The lowest BCUT2D eigenvalue weighted by atomic mass is 10.0. The number of anilines is 2. The lowest BCUT2D eigenvalue weighted by Gasteiger charge is -2.14. The third-order valence-corrected chi connectivity index (χ3v) is 4.75. The van der Waals surface area contributed by atoms with E-state index >= 15 is 0 Å². The third-order valence-electron chi connectivity index (χ3n) is 4.75. The molecule has 0 aliphatic heterocycles. The van der Waals surface area contributed by atoms with E-state index in [1.54, 1.807) is 24.3 Å². The number of para-hydroxylation sites is 1. The maximum atomic E-state index is 12.3. The van der Waals surface area contributed by atoms with E-state index in [4.69, 9.17) is 0 Å². The first-order valence-electron chi connectivity index (χ1n) is 10.1. The third kappa shape index (κ3) is 5.95. The van der Waals surface area contributed by atoms with E-state index < -0.39 is 0 Å². The fourth-order valence-corrected chi connectivity index (χ4v) is 3.11. The van der Waals surface area contributed by atoms with Crippen molar-refractivity contribution in [3.63, 3.8) is 0 Å². The van der Waals surface area contributed by atoms with Gasteiger partial charge in [-0.1, -0.05) is 62.4 Å². The van der Waals surface area contributed by atoms with Gasteiger partial charge in [0.25, 0.3) is 5.91 Å². The van der Waals surface area contributed by atoms with Gasteiger partial charge < -0.3 is 16.0 Å². The number of carbonyl (C=O) groups excluding carboxylic acids is 2. The molecule has 0 aromatic heterocycles. The van der Waals surface area contributed by atoms with Gasteiger partial charge in [-0.2, -0.15) is 0 Å².